The SMILES string of the molecule is C/C(=C\C(=N)Br)C1CC(Sc2cccc(C(F)(F)F)c2)CCO1. The van der Waals surface area contributed by atoms with Gasteiger partial charge in [0.15, 0.2) is 0 Å². The van der Waals surface area contributed by atoms with Crippen LogP contribution in [0.1, 0.15) is 25.3 Å². The number of alkyl halides is 3. The average molecular weight is 408 g/mol. The molecule has 0 saturated carbocycles. The van der Waals surface area contributed by atoms with Crippen LogP contribution in [0.2, 0.25) is 0 Å². The summed E-state index contributed by atoms with van der Waals surface area (Å²) in [4.78, 5) is 0.625. The number of ether oxygens (including phenoxy) is 1. The van der Waals surface area contributed by atoms with Crippen LogP contribution in [0.25, 0.3) is 0 Å². The third-order valence-electron chi connectivity index (χ3n) is 3.56. The van der Waals surface area contributed by atoms with Gasteiger partial charge in [-0.3, -0.25) is 5.41 Å². The van der Waals surface area contributed by atoms with Crippen molar-refractivity contribution in [1.82, 2.24) is 0 Å². The van der Waals surface area contributed by atoms with Crippen LogP contribution in [0.5, 0.6) is 0 Å². The monoisotopic (exact) mass is 407 g/mol. The first-order valence-corrected chi connectivity index (χ1v) is 8.80. The summed E-state index contributed by atoms with van der Waals surface area (Å²) >= 11 is 4.54. The molecule has 1 fully saturated rings. The van der Waals surface area contributed by atoms with Crippen molar-refractivity contribution in [1.29, 1.82) is 5.41 Å². The van der Waals surface area contributed by atoms with Crippen molar-refractivity contribution in [2.75, 3.05) is 6.61 Å². The average Bonchev–Trinajstić information content (AvgIpc) is 2.46. The van der Waals surface area contributed by atoms with Crippen molar-refractivity contribution >= 4 is 32.3 Å². The van der Waals surface area contributed by atoms with Crippen LogP contribution in [0, 0.1) is 5.41 Å². The van der Waals surface area contributed by atoms with E-state index in [0.29, 0.717) is 11.5 Å². The summed E-state index contributed by atoms with van der Waals surface area (Å²) in [5, 5.41) is 7.63. The maximum Gasteiger partial charge on any atom is 0.416 e. The zero-order chi connectivity index (χ0) is 17.0. The minimum Gasteiger partial charge on any atom is -0.374 e. The highest BCUT2D eigenvalue weighted by Crippen LogP contribution is 2.36. The van der Waals surface area contributed by atoms with Gasteiger partial charge in [-0.15, -0.1) is 11.8 Å². The molecule has 126 valence electrons. The van der Waals surface area contributed by atoms with Gasteiger partial charge in [-0.05, 0) is 65.5 Å². The Morgan fingerprint density at radius 3 is 2.83 bits per heavy atom. The van der Waals surface area contributed by atoms with Crippen LogP contribution in [-0.4, -0.2) is 22.6 Å². The molecule has 1 aromatic carbocycles. The lowest BCUT2D eigenvalue weighted by Gasteiger charge is -2.30. The molecule has 23 heavy (non-hydrogen) atoms. The molecule has 1 aliphatic rings. The Balaban J connectivity index is 2.04. The molecule has 0 bridgehead atoms. The minimum atomic E-state index is -4.32. The molecule has 1 heterocycles. The Kier molecular flexibility index (Phi) is 6.33. The van der Waals surface area contributed by atoms with Gasteiger partial charge in [-0.1, -0.05) is 6.07 Å². The molecule has 0 aliphatic carbocycles. The van der Waals surface area contributed by atoms with E-state index in [1.54, 1.807) is 12.1 Å². The summed E-state index contributed by atoms with van der Waals surface area (Å²) in [7, 11) is 0. The van der Waals surface area contributed by atoms with Crippen LogP contribution in [0.3, 0.4) is 0 Å². The van der Waals surface area contributed by atoms with E-state index in [1.165, 1.54) is 23.9 Å². The number of halogens is 4. The first-order chi connectivity index (χ1) is 10.8. The van der Waals surface area contributed by atoms with Crippen LogP contribution >= 0.6 is 27.7 Å². The number of hydrogen-bond donors (Lipinski definition) is 1. The van der Waals surface area contributed by atoms with E-state index in [4.69, 9.17) is 10.1 Å². The van der Waals surface area contributed by atoms with Crippen molar-refractivity contribution in [2.24, 2.45) is 0 Å². The Morgan fingerprint density at radius 2 is 2.17 bits per heavy atom. The van der Waals surface area contributed by atoms with E-state index < -0.39 is 11.7 Å². The molecule has 0 amide bonds. The van der Waals surface area contributed by atoms with Crippen LogP contribution in [0.15, 0.2) is 40.8 Å². The fourth-order valence-corrected chi connectivity index (χ4v) is 4.01. The molecule has 2 atom stereocenters. The van der Waals surface area contributed by atoms with E-state index in [2.05, 4.69) is 15.9 Å². The molecule has 2 unspecified atom stereocenters. The molecule has 2 rings (SSSR count). The number of nitrogens with one attached hydrogen (secondary N) is 1. The largest absolute Gasteiger partial charge is 0.416 e. The molecule has 0 spiro atoms. The number of hydrogen-bond acceptors (Lipinski definition) is 3. The Hall–Kier alpha value is -0.790. The fourth-order valence-electron chi connectivity index (χ4n) is 2.42. The highest BCUT2D eigenvalue weighted by molar-refractivity contribution is 9.18. The third-order valence-corrected chi connectivity index (χ3v) is 5.08. The normalized spacial score (nSPS) is 22.9. The van der Waals surface area contributed by atoms with Gasteiger partial charge in [0.05, 0.1) is 16.3 Å². The van der Waals surface area contributed by atoms with Gasteiger partial charge in [-0.2, -0.15) is 13.2 Å². The molecular formula is C16H17BrF3NOS. The topological polar surface area (TPSA) is 33.1 Å². The Morgan fingerprint density at radius 1 is 1.43 bits per heavy atom. The van der Waals surface area contributed by atoms with Gasteiger partial charge in [0.1, 0.15) is 0 Å². The fraction of sp³-hybridized carbons (Fsp3) is 0.438. The summed E-state index contributed by atoms with van der Waals surface area (Å²) in [6, 6.07) is 5.44. The zero-order valence-electron chi connectivity index (χ0n) is 12.5. The third kappa shape index (κ3) is 5.65. The molecule has 1 aromatic rings. The maximum absolute atomic E-state index is 12.8. The first kappa shape index (κ1) is 18.5. The lowest BCUT2D eigenvalue weighted by atomic mass is 10.0. The first-order valence-electron chi connectivity index (χ1n) is 7.13. The zero-order valence-corrected chi connectivity index (χ0v) is 14.9. The Labute approximate surface area is 146 Å². The van der Waals surface area contributed by atoms with E-state index in [0.717, 1.165) is 24.5 Å². The van der Waals surface area contributed by atoms with E-state index in [1.807, 2.05) is 6.92 Å². The van der Waals surface area contributed by atoms with Crippen LogP contribution < -0.4 is 0 Å². The Bertz CT molecular complexity index is 603. The number of rotatable bonds is 4. The highest BCUT2D eigenvalue weighted by atomic mass is 79.9. The van der Waals surface area contributed by atoms with Crippen molar-refractivity contribution in [3.8, 4) is 0 Å². The van der Waals surface area contributed by atoms with E-state index in [9.17, 15) is 13.2 Å². The molecule has 1 aliphatic heterocycles. The molecule has 0 radical (unpaired) electrons. The summed E-state index contributed by atoms with van der Waals surface area (Å²) in [6.45, 7) is 2.47. The van der Waals surface area contributed by atoms with Crippen molar-refractivity contribution in [3.63, 3.8) is 0 Å². The summed E-state index contributed by atoms with van der Waals surface area (Å²) in [5.74, 6) is 0. The number of allylic oxidation sites excluding steroid dienone is 1. The lowest BCUT2D eigenvalue weighted by Crippen LogP contribution is -2.28. The molecule has 1 N–H and O–H groups in total. The smallest absolute Gasteiger partial charge is 0.374 e. The van der Waals surface area contributed by atoms with Crippen LogP contribution in [0.4, 0.5) is 13.2 Å². The predicted molar refractivity (Wildman–Crippen MR) is 90.5 cm³/mol. The lowest BCUT2D eigenvalue weighted by molar-refractivity contribution is -0.137. The van der Waals surface area contributed by atoms with E-state index >= 15 is 0 Å². The standard InChI is InChI=1S/C16H17BrF3NOS/c1-10(7-15(17)21)14-9-13(5-6-22-14)23-12-4-2-3-11(8-12)16(18,19)20/h2-4,7-8,13-14,21H,5-6,9H2,1H3/b10-7+,21-15?. The second-order valence-electron chi connectivity index (χ2n) is 5.39. The van der Waals surface area contributed by atoms with Gasteiger partial charge in [0.2, 0.25) is 0 Å². The quantitative estimate of drug-likeness (QED) is 0.652. The second kappa shape index (κ2) is 7.85. The molecular weight excluding hydrogens is 391 g/mol. The summed E-state index contributed by atoms with van der Waals surface area (Å²) in [5.41, 5.74) is 0.330. The van der Waals surface area contributed by atoms with Gasteiger partial charge in [0, 0.05) is 16.8 Å². The maximum atomic E-state index is 12.8. The molecule has 0 aromatic heterocycles. The van der Waals surface area contributed by atoms with Gasteiger partial charge >= 0.3 is 6.18 Å². The molecule has 2 nitrogen and oxygen atoms in total. The van der Waals surface area contributed by atoms with Crippen molar-refractivity contribution < 1.29 is 17.9 Å². The van der Waals surface area contributed by atoms with Crippen LogP contribution in [-0.2, 0) is 10.9 Å². The summed E-state index contributed by atoms with van der Waals surface area (Å²) < 4.78 is 44.3. The second-order valence-corrected chi connectivity index (χ2v) is 7.61. The molecule has 7 heteroatoms. The van der Waals surface area contributed by atoms with Crippen molar-refractivity contribution in [3.05, 3.63) is 41.5 Å². The number of benzene rings is 1. The molecule has 1 saturated heterocycles. The van der Waals surface area contributed by atoms with Crippen molar-refractivity contribution in [2.45, 2.75) is 42.2 Å². The van der Waals surface area contributed by atoms with E-state index in [-0.39, 0.29) is 16.0 Å². The van der Waals surface area contributed by atoms with Gasteiger partial charge in [0.25, 0.3) is 0 Å². The highest BCUT2D eigenvalue weighted by Gasteiger charge is 2.31. The number of thioether (sulfide) groups is 1. The predicted octanol–water partition coefficient (Wildman–Crippen LogP) is 5.66. The summed E-state index contributed by atoms with van der Waals surface area (Å²) in [6.07, 6.45) is -1.18. The van der Waals surface area contributed by atoms with Gasteiger partial charge < -0.3 is 4.74 Å². The minimum absolute atomic E-state index is 0.0926. The van der Waals surface area contributed by atoms with Gasteiger partial charge in [-0.25, -0.2) is 0 Å².